The molecule has 0 spiro atoms. The van der Waals surface area contributed by atoms with Gasteiger partial charge in [-0.25, -0.2) is 4.68 Å². The summed E-state index contributed by atoms with van der Waals surface area (Å²) in [6.45, 7) is 6.01. The van der Waals surface area contributed by atoms with Gasteiger partial charge in [0.05, 0.1) is 45.5 Å². The van der Waals surface area contributed by atoms with E-state index < -0.39 is 0 Å². The second kappa shape index (κ2) is 9.26. The summed E-state index contributed by atoms with van der Waals surface area (Å²) in [5.41, 5.74) is 3.43. The lowest BCUT2D eigenvalue weighted by atomic mass is 10.1. The van der Waals surface area contributed by atoms with Crippen LogP contribution in [0.15, 0.2) is 49.1 Å². The van der Waals surface area contributed by atoms with Gasteiger partial charge in [0, 0.05) is 11.6 Å². The largest absolute Gasteiger partial charge is 0.493 e. The third kappa shape index (κ3) is 4.05. The first-order chi connectivity index (χ1) is 14.6. The summed E-state index contributed by atoms with van der Waals surface area (Å²) < 4.78 is 29.5. The van der Waals surface area contributed by atoms with Crippen LogP contribution in [0.5, 0.6) is 28.7 Å². The predicted molar refractivity (Wildman–Crippen MR) is 116 cm³/mol. The lowest BCUT2D eigenvalue weighted by molar-refractivity contribution is 0.324. The van der Waals surface area contributed by atoms with Crippen molar-refractivity contribution in [3.8, 4) is 45.7 Å². The Labute approximate surface area is 176 Å². The molecule has 7 nitrogen and oxygen atoms in total. The molecule has 0 aliphatic rings. The maximum Gasteiger partial charge on any atom is 0.203 e. The van der Waals surface area contributed by atoms with Gasteiger partial charge in [-0.1, -0.05) is 12.7 Å². The first-order valence-electron chi connectivity index (χ1n) is 9.35. The van der Waals surface area contributed by atoms with Crippen molar-refractivity contribution in [1.82, 2.24) is 9.78 Å². The van der Waals surface area contributed by atoms with E-state index in [0.29, 0.717) is 35.4 Å². The van der Waals surface area contributed by atoms with E-state index in [0.717, 1.165) is 22.6 Å². The van der Waals surface area contributed by atoms with Crippen molar-refractivity contribution in [2.24, 2.45) is 0 Å². The van der Waals surface area contributed by atoms with E-state index in [2.05, 4.69) is 11.7 Å². The number of ether oxygens (including phenoxy) is 5. The van der Waals surface area contributed by atoms with Gasteiger partial charge < -0.3 is 23.7 Å². The Bertz CT molecular complexity index is 1020. The zero-order chi connectivity index (χ0) is 21.7. The van der Waals surface area contributed by atoms with Crippen molar-refractivity contribution >= 4 is 0 Å². The number of hydrogen-bond donors (Lipinski definition) is 0. The molecule has 2 aromatic carbocycles. The molecule has 0 atom stereocenters. The number of aromatic nitrogens is 2. The van der Waals surface area contributed by atoms with E-state index in [9.17, 15) is 0 Å². The van der Waals surface area contributed by atoms with Crippen LogP contribution in [0.2, 0.25) is 0 Å². The van der Waals surface area contributed by atoms with Crippen LogP contribution < -0.4 is 23.7 Å². The van der Waals surface area contributed by atoms with Crippen LogP contribution >= 0.6 is 0 Å². The van der Waals surface area contributed by atoms with Crippen LogP contribution in [0.25, 0.3) is 16.9 Å². The van der Waals surface area contributed by atoms with Crippen molar-refractivity contribution in [2.75, 3.05) is 35.0 Å². The van der Waals surface area contributed by atoms with Crippen molar-refractivity contribution < 1.29 is 23.7 Å². The van der Waals surface area contributed by atoms with Crippen molar-refractivity contribution in [3.63, 3.8) is 0 Å². The highest BCUT2D eigenvalue weighted by molar-refractivity contribution is 5.71. The molecule has 0 saturated heterocycles. The fraction of sp³-hybridized carbons (Fsp3) is 0.261. The number of aryl methyl sites for hydroxylation is 1. The number of hydrogen-bond acceptors (Lipinski definition) is 6. The Hall–Kier alpha value is -3.61. The lowest BCUT2D eigenvalue weighted by Gasteiger charge is -2.16. The maximum atomic E-state index is 5.75. The molecule has 0 amide bonds. The van der Waals surface area contributed by atoms with E-state index in [4.69, 9.17) is 23.7 Å². The normalized spacial score (nSPS) is 10.4. The van der Waals surface area contributed by atoms with Crippen LogP contribution in [0, 0.1) is 6.92 Å². The molecule has 0 N–H and O–H groups in total. The van der Waals surface area contributed by atoms with Crippen molar-refractivity contribution in [2.45, 2.75) is 6.92 Å². The standard InChI is InChI=1S/C23H26N2O5/c1-7-10-30-20-14-17(8-9-19(20)26-3)25-18(11-15(2)24-25)16-12-21(27-4)23(29-6)22(13-16)28-5/h7-9,11-14H,1,10H2,2-6H3. The third-order valence-electron chi connectivity index (χ3n) is 4.54. The summed E-state index contributed by atoms with van der Waals surface area (Å²) in [4.78, 5) is 0. The van der Waals surface area contributed by atoms with Gasteiger partial charge in [0.15, 0.2) is 23.0 Å². The van der Waals surface area contributed by atoms with E-state index >= 15 is 0 Å². The average molecular weight is 410 g/mol. The third-order valence-corrected chi connectivity index (χ3v) is 4.54. The monoisotopic (exact) mass is 410 g/mol. The van der Waals surface area contributed by atoms with Crippen LogP contribution in [-0.4, -0.2) is 44.8 Å². The average Bonchev–Trinajstić information content (AvgIpc) is 3.17. The molecule has 0 saturated carbocycles. The Balaban J connectivity index is 2.15. The van der Waals surface area contributed by atoms with Crippen molar-refractivity contribution in [1.29, 1.82) is 0 Å². The van der Waals surface area contributed by atoms with Gasteiger partial charge in [-0.05, 0) is 37.3 Å². The Morgan fingerprint density at radius 3 is 2.10 bits per heavy atom. The van der Waals surface area contributed by atoms with E-state index in [1.165, 1.54) is 0 Å². The van der Waals surface area contributed by atoms with Crippen LogP contribution in [-0.2, 0) is 0 Å². The summed E-state index contributed by atoms with van der Waals surface area (Å²) in [5, 5.41) is 4.67. The molecule has 0 unspecified atom stereocenters. The molecular formula is C23H26N2O5. The summed E-state index contributed by atoms with van der Waals surface area (Å²) in [6, 6.07) is 11.4. The van der Waals surface area contributed by atoms with Gasteiger partial charge >= 0.3 is 0 Å². The summed E-state index contributed by atoms with van der Waals surface area (Å²) in [5.74, 6) is 2.93. The van der Waals surface area contributed by atoms with Crippen LogP contribution in [0.1, 0.15) is 5.69 Å². The second-order valence-corrected chi connectivity index (χ2v) is 6.43. The zero-order valence-electron chi connectivity index (χ0n) is 17.9. The quantitative estimate of drug-likeness (QED) is 0.486. The Kier molecular flexibility index (Phi) is 6.51. The summed E-state index contributed by atoms with van der Waals surface area (Å²) in [7, 11) is 6.37. The molecule has 0 bridgehead atoms. The molecular weight excluding hydrogens is 384 g/mol. The summed E-state index contributed by atoms with van der Waals surface area (Å²) >= 11 is 0. The molecule has 3 rings (SSSR count). The van der Waals surface area contributed by atoms with Crippen LogP contribution in [0.4, 0.5) is 0 Å². The fourth-order valence-corrected chi connectivity index (χ4v) is 3.19. The minimum absolute atomic E-state index is 0.373. The molecule has 158 valence electrons. The highest BCUT2D eigenvalue weighted by Gasteiger charge is 2.18. The summed E-state index contributed by atoms with van der Waals surface area (Å²) in [6.07, 6.45) is 1.69. The van der Waals surface area contributed by atoms with Gasteiger partial charge in [0.25, 0.3) is 0 Å². The number of nitrogens with zero attached hydrogens (tertiary/aromatic N) is 2. The Morgan fingerprint density at radius 2 is 1.53 bits per heavy atom. The molecule has 1 aromatic heterocycles. The fourth-order valence-electron chi connectivity index (χ4n) is 3.19. The number of methoxy groups -OCH3 is 4. The number of benzene rings is 2. The molecule has 3 aromatic rings. The predicted octanol–water partition coefficient (Wildman–Crippen LogP) is 4.45. The zero-order valence-corrected chi connectivity index (χ0v) is 17.9. The number of rotatable bonds is 9. The van der Waals surface area contributed by atoms with Gasteiger partial charge in [0.1, 0.15) is 6.61 Å². The van der Waals surface area contributed by atoms with Gasteiger partial charge in [-0.15, -0.1) is 0 Å². The molecule has 1 heterocycles. The SMILES string of the molecule is C=CCOc1cc(-n2nc(C)cc2-c2cc(OC)c(OC)c(OC)c2)ccc1OC. The van der Waals surface area contributed by atoms with Gasteiger partial charge in [-0.3, -0.25) is 0 Å². The highest BCUT2D eigenvalue weighted by atomic mass is 16.5. The first-order valence-corrected chi connectivity index (χ1v) is 9.35. The lowest BCUT2D eigenvalue weighted by Crippen LogP contribution is -2.03. The Morgan fingerprint density at radius 1 is 0.867 bits per heavy atom. The molecule has 30 heavy (non-hydrogen) atoms. The molecule has 0 aliphatic carbocycles. The smallest absolute Gasteiger partial charge is 0.203 e. The molecule has 7 heteroatoms. The van der Waals surface area contributed by atoms with E-state index in [1.807, 2.05) is 48.0 Å². The van der Waals surface area contributed by atoms with E-state index in [1.54, 1.807) is 34.5 Å². The van der Waals surface area contributed by atoms with Crippen molar-refractivity contribution in [3.05, 3.63) is 54.7 Å². The molecule has 0 aliphatic heterocycles. The molecule has 0 radical (unpaired) electrons. The van der Waals surface area contributed by atoms with Crippen LogP contribution in [0.3, 0.4) is 0 Å². The minimum atomic E-state index is 0.373. The highest BCUT2D eigenvalue weighted by Crippen LogP contribution is 2.42. The first kappa shape index (κ1) is 21.1. The second-order valence-electron chi connectivity index (χ2n) is 6.43. The van der Waals surface area contributed by atoms with Gasteiger partial charge in [0.2, 0.25) is 5.75 Å². The molecule has 0 fully saturated rings. The maximum absolute atomic E-state index is 5.75. The topological polar surface area (TPSA) is 64.0 Å². The van der Waals surface area contributed by atoms with Gasteiger partial charge in [-0.2, -0.15) is 5.10 Å². The van der Waals surface area contributed by atoms with E-state index in [-0.39, 0.29) is 0 Å². The minimum Gasteiger partial charge on any atom is -0.493 e.